The van der Waals surface area contributed by atoms with Crippen LogP contribution in [0.3, 0.4) is 0 Å². The minimum Gasteiger partial charge on any atom is -0.377 e. The minimum absolute atomic E-state index is 0.218. The lowest BCUT2D eigenvalue weighted by Gasteiger charge is -2.12. The Balaban J connectivity index is 2.00. The normalized spacial score (nSPS) is 11.1. The number of hydrogen-bond donors (Lipinski definition) is 1. The van der Waals surface area contributed by atoms with E-state index in [0.29, 0.717) is 18.3 Å². The first-order valence-electron chi connectivity index (χ1n) is 7.18. The van der Waals surface area contributed by atoms with E-state index < -0.39 is 0 Å². The van der Waals surface area contributed by atoms with Gasteiger partial charge in [0.1, 0.15) is 5.82 Å². The maximum atomic E-state index is 13.7. The van der Waals surface area contributed by atoms with Crippen molar-refractivity contribution >= 4 is 5.69 Å². The van der Waals surface area contributed by atoms with Gasteiger partial charge in [0, 0.05) is 6.20 Å². The fraction of sp³-hybridized carbons (Fsp3) is 0.438. The van der Waals surface area contributed by atoms with E-state index in [1.54, 1.807) is 6.07 Å². The number of hydrogen-bond acceptors (Lipinski definition) is 2. The molecule has 0 aliphatic heterocycles. The van der Waals surface area contributed by atoms with Crippen molar-refractivity contribution in [3.63, 3.8) is 0 Å². The number of rotatable bonds is 6. The number of nitrogens with zero attached hydrogens (tertiary/aromatic N) is 2. The molecule has 1 N–H and O–H groups in total. The molecule has 0 unspecified atom stereocenters. The molecule has 0 spiro atoms. The van der Waals surface area contributed by atoms with Crippen molar-refractivity contribution in [2.24, 2.45) is 0 Å². The van der Waals surface area contributed by atoms with Crippen LogP contribution in [-0.2, 0) is 6.54 Å². The number of halogens is 1. The maximum absolute atomic E-state index is 13.7. The number of benzene rings is 1. The van der Waals surface area contributed by atoms with Crippen molar-refractivity contribution < 1.29 is 4.39 Å². The summed E-state index contributed by atoms with van der Waals surface area (Å²) in [7, 11) is 0. The third-order valence-electron chi connectivity index (χ3n) is 3.56. The van der Waals surface area contributed by atoms with Crippen LogP contribution in [0.4, 0.5) is 10.1 Å². The Morgan fingerprint density at radius 1 is 1.25 bits per heavy atom. The average Bonchev–Trinajstić information content (AvgIpc) is 2.88. The highest BCUT2D eigenvalue weighted by atomic mass is 19.1. The molecule has 0 saturated heterocycles. The quantitative estimate of drug-likeness (QED) is 0.851. The summed E-state index contributed by atoms with van der Waals surface area (Å²) < 4.78 is 15.7. The molecule has 1 aromatic carbocycles. The number of anilines is 1. The molecule has 1 aromatic heterocycles. The van der Waals surface area contributed by atoms with Crippen LogP contribution in [0.1, 0.15) is 44.0 Å². The van der Waals surface area contributed by atoms with E-state index in [1.165, 1.54) is 6.07 Å². The van der Waals surface area contributed by atoms with Crippen molar-refractivity contribution in [3.8, 4) is 0 Å². The van der Waals surface area contributed by atoms with E-state index in [2.05, 4.69) is 24.3 Å². The van der Waals surface area contributed by atoms with Crippen LogP contribution in [0, 0.1) is 12.7 Å². The smallest absolute Gasteiger partial charge is 0.146 e. The topological polar surface area (TPSA) is 29.9 Å². The third kappa shape index (κ3) is 3.38. The van der Waals surface area contributed by atoms with Crippen molar-refractivity contribution in [1.29, 1.82) is 0 Å². The van der Waals surface area contributed by atoms with Crippen LogP contribution < -0.4 is 5.32 Å². The lowest BCUT2D eigenvalue weighted by Crippen LogP contribution is -2.09. The Kier molecular flexibility index (Phi) is 4.77. The lowest BCUT2D eigenvalue weighted by atomic mass is 10.2. The second-order valence-electron chi connectivity index (χ2n) is 5.09. The molecule has 0 atom stereocenters. The van der Waals surface area contributed by atoms with Gasteiger partial charge in [-0.05, 0) is 43.5 Å². The second-order valence-corrected chi connectivity index (χ2v) is 5.09. The molecule has 0 bridgehead atoms. The molecule has 4 heteroatoms. The molecule has 2 rings (SSSR count). The Morgan fingerprint density at radius 2 is 2.00 bits per heavy atom. The molecule has 1 heterocycles. The van der Waals surface area contributed by atoms with E-state index in [9.17, 15) is 4.39 Å². The predicted octanol–water partition coefficient (Wildman–Crippen LogP) is 4.30. The van der Waals surface area contributed by atoms with Gasteiger partial charge in [0.05, 0.1) is 24.0 Å². The van der Waals surface area contributed by atoms with Gasteiger partial charge < -0.3 is 5.32 Å². The molecule has 0 aliphatic carbocycles. The Labute approximate surface area is 119 Å². The standard InChI is InChI=1S/C16H22FN3/c1-4-14(5-2)20-9-8-13(19-20)11-18-16-7-6-12(3)10-15(16)17/h6-10,14,18H,4-5,11H2,1-3H3. The van der Waals surface area contributed by atoms with Gasteiger partial charge in [0.25, 0.3) is 0 Å². The predicted molar refractivity (Wildman–Crippen MR) is 80.3 cm³/mol. The zero-order chi connectivity index (χ0) is 14.5. The first-order valence-corrected chi connectivity index (χ1v) is 7.18. The molecular formula is C16H22FN3. The SMILES string of the molecule is CCC(CC)n1ccc(CNc2ccc(C)cc2F)n1. The summed E-state index contributed by atoms with van der Waals surface area (Å²) >= 11 is 0. The summed E-state index contributed by atoms with van der Waals surface area (Å²) in [5, 5.41) is 7.64. The fourth-order valence-electron chi connectivity index (χ4n) is 2.29. The van der Waals surface area contributed by atoms with Crippen molar-refractivity contribution in [1.82, 2.24) is 9.78 Å². The molecular weight excluding hydrogens is 253 g/mol. The number of aromatic nitrogens is 2. The summed E-state index contributed by atoms with van der Waals surface area (Å²) in [6.45, 7) is 6.74. The highest BCUT2D eigenvalue weighted by Gasteiger charge is 2.08. The molecule has 3 nitrogen and oxygen atoms in total. The Morgan fingerprint density at radius 3 is 2.65 bits per heavy atom. The van der Waals surface area contributed by atoms with Crippen molar-refractivity contribution in [2.75, 3.05) is 5.32 Å². The Hall–Kier alpha value is -1.84. The van der Waals surface area contributed by atoms with Gasteiger partial charge in [-0.1, -0.05) is 19.9 Å². The van der Waals surface area contributed by atoms with Gasteiger partial charge in [0.2, 0.25) is 0 Å². The van der Waals surface area contributed by atoms with Gasteiger partial charge in [-0.25, -0.2) is 4.39 Å². The van der Waals surface area contributed by atoms with E-state index in [1.807, 2.05) is 29.9 Å². The summed E-state index contributed by atoms with van der Waals surface area (Å²) in [6.07, 6.45) is 4.13. The average molecular weight is 275 g/mol. The largest absolute Gasteiger partial charge is 0.377 e. The van der Waals surface area contributed by atoms with Crippen LogP contribution in [-0.4, -0.2) is 9.78 Å². The molecule has 0 aliphatic rings. The van der Waals surface area contributed by atoms with Crippen molar-refractivity contribution in [2.45, 2.75) is 46.2 Å². The molecule has 0 radical (unpaired) electrons. The minimum atomic E-state index is -0.218. The van der Waals surface area contributed by atoms with Crippen LogP contribution in [0.15, 0.2) is 30.5 Å². The van der Waals surface area contributed by atoms with Gasteiger partial charge in [-0.15, -0.1) is 0 Å². The highest BCUT2D eigenvalue weighted by molar-refractivity contribution is 5.46. The van der Waals surface area contributed by atoms with Crippen LogP contribution in [0.5, 0.6) is 0 Å². The summed E-state index contributed by atoms with van der Waals surface area (Å²) in [5.41, 5.74) is 2.37. The highest BCUT2D eigenvalue weighted by Crippen LogP contribution is 2.17. The van der Waals surface area contributed by atoms with Gasteiger partial charge in [-0.3, -0.25) is 4.68 Å². The Bertz CT molecular complexity index is 559. The van der Waals surface area contributed by atoms with Gasteiger partial charge in [-0.2, -0.15) is 5.10 Å². The van der Waals surface area contributed by atoms with Crippen LogP contribution in [0.2, 0.25) is 0 Å². The summed E-state index contributed by atoms with van der Waals surface area (Å²) in [5.74, 6) is -0.218. The molecule has 2 aromatic rings. The van der Waals surface area contributed by atoms with Gasteiger partial charge in [0.15, 0.2) is 0 Å². The molecule has 0 saturated carbocycles. The van der Waals surface area contributed by atoms with Gasteiger partial charge >= 0.3 is 0 Å². The van der Waals surface area contributed by atoms with Crippen molar-refractivity contribution in [3.05, 3.63) is 47.5 Å². The summed E-state index contributed by atoms with van der Waals surface area (Å²) in [6, 6.07) is 7.62. The first kappa shape index (κ1) is 14.6. The second kappa shape index (κ2) is 6.55. The zero-order valence-electron chi connectivity index (χ0n) is 12.4. The molecule has 20 heavy (non-hydrogen) atoms. The first-order chi connectivity index (χ1) is 9.63. The molecule has 0 fully saturated rings. The monoisotopic (exact) mass is 275 g/mol. The summed E-state index contributed by atoms with van der Waals surface area (Å²) in [4.78, 5) is 0. The number of aryl methyl sites for hydroxylation is 1. The molecule has 0 amide bonds. The van der Waals surface area contributed by atoms with E-state index in [-0.39, 0.29) is 5.82 Å². The number of nitrogens with one attached hydrogen (secondary N) is 1. The fourth-order valence-corrected chi connectivity index (χ4v) is 2.29. The van der Waals surface area contributed by atoms with Crippen LogP contribution in [0.25, 0.3) is 0 Å². The third-order valence-corrected chi connectivity index (χ3v) is 3.56. The van der Waals surface area contributed by atoms with E-state index >= 15 is 0 Å². The van der Waals surface area contributed by atoms with E-state index in [0.717, 1.165) is 24.1 Å². The van der Waals surface area contributed by atoms with Crippen LogP contribution >= 0.6 is 0 Å². The van der Waals surface area contributed by atoms with E-state index in [4.69, 9.17) is 0 Å². The molecule has 108 valence electrons. The lowest BCUT2D eigenvalue weighted by molar-refractivity contribution is 0.426. The zero-order valence-corrected chi connectivity index (χ0v) is 12.4. The maximum Gasteiger partial charge on any atom is 0.146 e.